The largest absolute Gasteiger partial charge is 0.497 e. The van der Waals surface area contributed by atoms with Gasteiger partial charge in [0.25, 0.3) is 5.91 Å². The molecule has 0 bridgehead atoms. The second-order valence-corrected chi connectivity index (χ2v) is 8.12. The summed E-state index contributed by atoms with van der Waals surface area (Å²) in [5.74, 6) is 0.332. The molecule has 1 fully saturated rings. The zero-order valence-corrected chi connectivity index (χ0v) is 18.9. The SMILES string of the molecule is COc1ccc(N2CCN(C(=O)c3cc(-c4ccccc4F)nn3-c3ccccc3)CC2)cc1. The van der Waals surface area contributed by atoms with Gasteiger partial charge in [0, 0.05) is 37.4 Å². The lowest BCUT2D eigenvalue weighted by atomic mass is 10.1. The molecule has 4 aromatic rings. The van der Waals surface area contributed by atoms with Crippen LogP contribution in [0, 0.1) is 5.82 Å². The minimum atomic E-state index is -0.368. The molecule has 5 rings (SSSR count). The van der Waals surface area contributed by atoms with Crippen molar-refractivity contribution in [2.45, 2.75) is 0 Å². The molecule has 1 saturated heterocycles. The van der Waals surface area contributed by atoms with Crippen LogP contribution in [0.25, 0.3) is 16.9 Å². The van der Waals surface area contributed by atoms with E-state index in [9.17, 15) is 9.18 Å². The summed E-state index contributed by atoms with van der Waals surface area (Å²) in [4.78, 5) is 17.7. The molecule has 0 aliphatic carbocycles. The van der Waals surface area contributed by atoms with Gasteiger partial charge in [-0.15, -0.1) is 0 Å². The summed E-state index contributed by atoms with van der Waals surface area (Å²) < 4.78 is 21.3. The van der Waals surface area contributed by atoms with Crippen molar-refractivity contribution in [3.63, 3.8) is 0 Å². The second kappa shape index (κ2) is 9.39. The first-order chi connectivity index (χ1) is 16.6. The lowest BCUT2D eigenvalue weighted by Gasteiger charge is -2.36. The van der Waals surface area contributed by atoms with Crippen LogP contribution in [0.3, 0.4) is 0 Å². The van der Waals surface area contributed by atoms with Gasteiger partial charge in [0.15, 0.2) is 0 Å². The van der Waals surface area contributed by atoms with Crippen molar-refractivity contribution in [1.82, 2.24) is 14.7 Å². The number of hydrogen-bond acceptors (Lipinski definition) is 4. The van der Waals surface area contributed by atoms with Gasteiger partial charge in [0.05, 0.1) is 18.5 Å². The summed E-state index contributed by atoms with van der Waals surface area (Å²) in [6.45, 7) is 2.61. The molecule has 34 heavy (non-hydrogen) atoms. The molecule has 172 valence electrons. The Kier molecular flexibility index (Phi) is 5.99. The van der Waals surface area contributed by atoms with Crippen LogP contribution in [0.1, 0.15) is 10.5 Å². The molecule has 0 unspecified atom stereocenters. The number of aromatic nitrogens is 2. The molecular weight excluding hydrogens is 431 g/mol. The van der Waals surface area contributed by atoms with E-state index < -0.39 is 0 Å². The number of hydrogen-bond donors (Lipinski definition) is 0. The second-order valence-electron chi connectivity index (χ2n) is 8.12. The molecule has 3 aromatic carbocycles. The zero-order chi connectivity index (χ0) is 23.5. The molecule has 0 atom stereocenters. The average Bonchev–Trinajstić information content (AvgIpc) is 3.34. The Morgan fingerprint density at radius 2 is 1.53 bits per heavy atom. The van der Waals surface area contributed by atoms with E-state index in [-0.39, 0.29) is 11.7 Å². The summed E-state index contributed by atoms with van der Waals surface area (Å²) >= 11 is 0. The third kappa shape index (κ3) is 4.24. The lowest BCUT2D eigenvalue weighted by Crippen LogP contribution is -2.49. The van der Waals surface area contributed by atoms with Crippen molar-refractivity contribution < 1.29 is 13.9 Å². The maximum Gasteiger partial charge on any atom is 0.272 e. The topological polar surface area (TPSA) is 50.6 Å². The third-order valence-electron chi connectivity index (χ3n) is 6.08. The number of carbonyl (C=O) groups is 1. The van der Waals surface area contributed by atoms with Crippen LogP contribution in [-0.4, -0.2) is 53.9 Å². The number of piperazine rings is 1. The fourth-order valence-electron chi connectivity index (χ4n) is 4.22. The Balaban J connectivity index is 1.40. The van der Waals surface area contributed by atoms with Crippen LogP contribution < -0.4 is 9.64 Å². The van der Waals surface area contributed by atoms with Gasteiger partial charge in [0.1, 0.15) is 17.3 Å². The lowest BCUT2D eigenvalue weighted by molar-refractivity contribution is 0.0737. The number of ether oxygens (including phenoxy) is 1. The monoisotopic (exact) mass is 456 g/mol. The first-order valence-corrected chi connectivity index (χ1v) is 11.2. The van der Waals surface area contributed by atoms with Crippen LogP contribution in [0.2, 0.25) is 0 Å². The van der Waals surface area contributed by atoms with Crippen molar-refractivity contribution in [2.75, 3.05) is 38.2 Å². The normalized spacial score (nSPS) is 13.7. The number of nitrogens with zero attached hydrogens (tertiary/aromatic N) is 4. The molecule has 0 N–H and O–H groups in total. The van der Waals surface area contributed by atoms with E-state index in [0.29, 0.717) is 30.0 Å². The number of benzene rings is 3. The molecule has 0 saturated carbocycles. The van der Waals surface area contributed by atoms with Gasteiger partial charge in [-0.05, 0) is 54.6 Å². The van der Waals surface area contributed by atoms with Gasteiger partial charge >= 0.3 is 0 Å². The first-order valence-electron chi connectivity index (χ1n) is 11.2. The van der Waals surface area contributed by atoms with Crippen molar-refractivity contribution in [3.05, 3.63) is 96.4 Å². The molecular formula is C27H25FN4O2. The van der Waals surface area contributed by atoms with Crippen molar-refractivity contribution >= 4 is 11.6 Å². The van der Waals surface area contributed by atoms with Crippen molar-refractivity contribution in [3.8, 4) is 22.7 Å². The molecule has 1 aromatic heterocycles. The number of halogens is 1. The number of para-hydroxylation sites is 1. The molecule has 0 radical (unpaired) electrons. The smallest absolute Gasteiger partial charge is 0.272 e. The van der Waals surface area contributed by atoms with Gasteiger partial charge < -0.3 is 14.5 Å². The highest BCUT2D eigenvalue weighted by Gasteiger charge is 2.27. The Bertz CT molecular complexity index is 1280. The van der Waals surface area contributed by atoms with E-state index in [1.165, 1.54) is 6.07 Å². The van der Waals surface area contributed by atoms with E-state index in [0.717, 1.165) is 30.2 Å². The van der Waals surface area contributed by atoms with E-state index in [2.05, 4.69) is 10.00 Å². The standard InChI is InChI=1S/C27H25FN4O2/c1-34-22-13-11-20(12-14-22)30-15-17-31(18-16-30)27(33)26-19-25(23-9-5-6-10-24(23)28)29-32(26)21-7-3-2-4-8-21/h2-14,19H,15-18H2,1H3. The third-order valence-corrected chi connectivity index (χ3v) is 6.08. The van der Waals surface area contributed by atoms with Gasteiger partial charge in [-0.1, -0.05) is 30.3 Å². The Morgan fingerprint density at radius 1 is 0.853 bits per heavy atom. The van der Waals surface area contributed by atoms with Crippen LogP contribution >= 0.6 is 0 Å². The van der Waals surface area contributed by atoms with Crippen molar-refractivity contribution in [1.29, 1.82) is 0 Å². The maximum atomic E-state index is 14.5. The van der Waals surface area contributed by atoms with Crippen LogP contribution in [0.15, 0.2) is 84.9 Å². The zero-order valence-electron chi connectivity index (χ0n) is 18.9. The molecule has 1 aliphatic rings. The summed E-state index contributed by atoms with van der Waals surface area (Å²) in [6.07, 6.45) is 0. The van der Waals surface area contributed by atoms with E-state index in [4.69, 9.17) is 4.74 Å². The van der Waals surface area contributed by atoms with E-state index in [1.807, 2.05) is 59.5 Å². The minimum Gasteiger partial charge on any atom is -0.497 e. The van der Waals surface area contributed by atoms with E-state index >= 15 is 0 Å². The number of methoxy groups -OCH3 is 1. The number of carbonyl (C=O) groups excluding carboxylic acids is 1. The fraction of sp³-hybridized carbons (Fsp3) is 0.185. The van der Waals surface area contributed by atoms with Gasteiger partial charge in [-0.2, -0.15) is 5.10 Å². The Morgan fingerprint density at radius 3 is 2.21 bits per heavy atom. The highest BCUT2D eigenvalue weighted by molar-refractivity contribution is 5.94. The Labute approximate surface area is 197 Å². The first kappa shape index (κ1) is 21.7. The molecule has 6 nitrogen and oxygen atoms in total. The molecule has 1 aliphatic heterocycles. The average molecular weight is 457 g/mol. The highest BCUT2D eigenvalue weighted by atomic mass is 19.1. The summed E-state index contributed by atoms with van der Waals surface area (Å²) in [5, 5.41) is 4.61. The fourth-order valence-corrected chi connectivity index (χ4v) is 4.22. The number of anilines is 1. The van der Waals surface area contributed by atoms with Gasteiger partial charge in [-0.3, -0.25) is 4.79 Å². The molecule has 0 spiro atoms. The summed E-state index contributed by atoms with van der Waals surface area (Å²) in [7, 11) is 1.65. The molecule has 7 heteroatoms. The summed E-state index contributed by atoms with van der Waals surface area (Å²) in [5.41, 5.74) is 3.08. The maximum absolute atomic E-state index is 14.5. The Hall–Kier alpha value is -4.13. The number of rotatable bonds is 5. The van der Waals surface area contributed by atoms with Gasteiger partial charge in [0.2, 0.25) is 0 Å². The van der Waals surface area contributed by atoms with Crippen LogP contribution in [0.4, 0.5) is 10.1 Å². The minimum absolute atomic E-state index is 0.117. The van der Waals surface area contributed by atoms with Crippen LogP contribution in [0.5, 0.6) is 5.75 Å². The predicted octanol–water partition coefficient (Wildman–Crippen LogP) is 4.65. The highest BCUT2D eigenvalue weighted by Crippen LogP contribution is 2.26. The van der Waals surface area contributed by atoms with Crippen LogP contribution in [-0.2, 0) is 0 Å². The van der Waals surface area contributed by atoms with Crippen molar-refractivity contribution in [2.24, 2.45) is 0 Å². The number of amides is 1. The van der Waals surface area contributed by atoms with E-state index in [1.54, 1.807) is 36.1 Å². The molecule has 2 heterocycles. The quantitative estimate of drug-likeness (QED) is 0.439. The van der Waals surface area contributed by atoms with Gasteiger partial charge in [-0.25, -0.2) is 9.07 Å². The molecule has 1 amide bonds. The predicted molar refractivity (Wildman–Crippen MR) is 130 cm³/mol. The summed E-state index contributed by atoms with van der Waals surface area (Å²) in [6, 6.07) is 25.6.